The molecule has 0 N–H and O–H groups in total. The topological polar surface area (TPSA) is 61.1 Å². The van der Waals surface area contributed by atoms with Crippen LogP contribution in [0.3, 0.4) is 0 Å². The molecule has 0 saturated carbocycles. The summed E-state index contributed by atoms with van der Waals surface area (Å²) in [6, 6.07) is 11.3. The van der Waals surface area contributed by atoms with E-state index >= 15 is 0 Å². The van der Waals surface area contributed by atoms with Crippen molar-refractivity contribution in [3.8, 4) is 17.2 Å². The average Bonchev–Trinajstić information content (AvgIpc) is 2.76. The third-order valence-electron chi connectivity index (χ3n) is 5.28. The summed E-state index contributed by atoms with van der Waals surface area (Å²) in [5.74, 6) is 2.16. The fourth-order valence-electron chi connectivity index (χ4n) is 3.71. The molecule has 1 aliphatic rings. The van der Waals surface area contributed by atoms with Gasteiger partial charge in [0, 0.05) is 35.3 Å². The highest BCUT2D eigenvalue weighted by Gasteiger charge is 2.23. The minimum atomic E-state index is -0.322. The summed E-state index contributed by atoms with van der Waals surface area (Å²) in [4.78, 5) is 14.3. The molecule has 0 fully saturated rings. The fraction of sp³-hybridized carbons (Fsp3) is 0.348. The van der Waals surface area contributed by atoms with Crippen molar-refractivity contribution in [2.45, 2.75) is 32.7 Å². The number of hydrogen-bond acceptors (Lipinski definition) is 6. The highest BCUT2D eigenvalue weighted by molar-refractivity contribution is 5.85. The van der Waals surface area contributed by atoms with E-state index in [1.165, 1.54) is 0 Å². The third kappa shape index (κ3) is 3.75. The van der Waals surface area contributed by atoms with E-state index in [1.54, 1.807) is 20.3 Å². The maximum atomic E-state index is 12.2. The predicted octanol–water partition coefficient (Wildman–Crippen LogP) is 4.51. The monoisotopic (exact) mass is 395 g/mol. The van der Waals surface area contributed by atoms with Crippen molar-refractivity contribution in [3.05, 3.63) is 57.9 Å². The van der Waals surface area contributed by atoms with Crippen molar-refractivity contribution >= 4 is 16.7 Å². The number of ether oxygens (including phenoxy) is 3. The van der Waals surface area contributed by atoms with Crippen molar-refractivity contribution in [1.29, 1.82) is 0 Å². The molecule has 0 saturated heterocycles. The molecule has 3 aromatic rings. The van der Waals surface area contributed by atoms with Crippen molar-refractivity contribution in [3.63, 3.8) is 0 Å². The summed E-state index contributed by atoms with van der Waals surface area (Å²) < 4.78 is 22.4. The fourth-order valence-corrected chi connectivity index (χ4v) is 3.71. The molecule has 6 heteroatoms. The van der Waals surface area contributed by atoms with Crippen LogP contribution in [0.15, 0.2) is 45.6 Å². The second kappa shape index (κ2) is 8.07. The summed E-state index contributed by atoms with van der Waals surface area (Å²) in [5.41, 5.74) is 3.11. The van der Waals surface area contributed by atoms with Gasteiger partial charge in [-0.25, -0.2) is 4.79 Å². The van der Waals surface area contributed by atoms with E-state index in [0.717, 1.165) is 47.2 Å². The number of fused-ring (bicyclic) bond motifs is 3. The van der Waals surface area contributed by atoms with E-state index in [1.807, 2.05) is 30.3 Å². The Balaban J connectivity index is 1.77. The zero-order valence-corrected chi connectivity index (χ0v) is 17.0. The average molecular weight is 395 g/mol. The van der Waals surface area contributed by atoms with Crippen molar-refractivity contribution < 1.29 is 18.6 Å². The zero-order valence-electron chi connectivity index (χ0n) is 17.0. The molecule has 1 aliphatic heterocycles. The van der Waals surface area contributed by atoms with Crippen LogP contribution < -0.4 is 24.7 Å². The Morgan fingerprint density at radius 2 is 1.83 bits per heavy atom. The molecular weight excluding hydrogens is 370 g/mol. The van der Waals surface area contributed by atoms with Crippen LogP contribution in [0, 0.1) is 0 Å². The molecule has 4 rings (SSSR count). The van der Waals surface area contributed by atoms with Crippen molar-refractivity contribution in [2.24, 2.45) is 0 Å². The number of anilines is 1. The van der Waals surface area contributed by atoms with Gasteiger partial charge in [-0.2, -0.15) is 0 Å². The smallest absolute Gasteiger partial charge is 0.336 e. The number of hydrogen-bond donors (Lipinski definition) is 0. The quantitative estimate of drug-likeness (QED) is 0.573. The number of unbranched alkanes of at least 4 members (excludes halogenated alkanes) is 1. The van der Waals surface area contributed by atoms with Gasteiger partial charge in [0.1, 0.15) is 22.8 Å². The van der Waals surface area contributed by atoms with Crippen molar-refractivity contribution in [2.75, 3.05) is 25.9 Å². The Hall–Kier alpha value is -3.15. The van der Waals surface area contributed by atoms with Crippen LogP contribution in [0.2, 0.25) is 0 Å². The lowest BCUT2D eigenvalue weighted by molar-refractivity contribution is 0.288. The maximum absolute atomic E-state index is 12.2. The first-order chi connectivity index (χ1) is 14.1. The van der Waals surface area contributed by atoms with Crippen LogP contribution in [0.1, 0.15) is 30.9 Å². The minimum absolute atomic E-state index is 0.322. The van der Waals surface area contributed by atoms with Gasteiger partial charge in [-0.05, 0) is 30.5 Å². The lowest BCUT2D eigenvalue weighted by Crippen LogP contribution is -2.32. The third-order valence-corrected chi connectivity index (χ3v) is 5.28. The van der Waals surface area contributed by atoms with Gasteiger partial charge in [0.25, 0.3) is 0 Å². The zero-order chi connectivity index (χ0) is 20.4. The Morgan fingerprint density at radius 3 is 2.52 bits per heavy atom. The Labute approximate surface area is 169 Å². The molecule has 0 radical (unpaired) electrons. The molecule has 0 atom stereocenters. The largest absolute Gasteiger partial charge is 0.497 e. The number of nitrogens with zero attached hydrogens (tertiary/aromatic N) is 1. The van der Waals surface area contributed by atoms with Gasteiger partial charge < -0.3 is 23.5 Å². The van der Waals surface area contributed by atoms with E-state index in [9.17, 15) is 4.79 Å². The Morgan fingerprint density at radius 1 is 1.07 bits per heavy atom. The molecule has 0 unspecified atom stereocenters. The van der Waals surface area contributed by atoms with E-state index in [0.29, 0.717) is 30.4 Å². The van der Waals surface area contributed by atoms with E-state index in [4.69, 9.17) is 18.6 Å². The van der Waals surface area contributed by atoms with Gasteiger partial charge >= 0.3 is 5.63 Å². The summed E-state index contributed by atoms with van der Waals surface area (Å²) in [6.45, 7) is 3.08. The molecule has 6 nitrogen and oxygen atoms in total. The lowest BCUT2D eigenvalue weighted by Gasteiger charge is -2.31. The van der Waals surface area contributed by atoms with Gasteiger partial charge in [0.15, 0.2) is 6.73 Å². The maximum Gasteiger partial charge on any atom is 0.336 e. The van der Waals surface area contributed by atoms with Crippen LogP contribution in [0.25, 0.3) is 11.0 Å². The van der Waals surface area contributed by atoms with Crippen LogP contribution >= 0.6 is 0 Å². The molecular formula is C23H25NO5. The van der Waals surface area contributed by atoms with Gasteiger partial charge in [-0.15, -0.1) is 0 Å². The highest BCUT2D eigenvalue weighted by atomic mass is 16.5. The second-order valence-corrected chi connectivity index (χ2v) is 7.16. The number of benzene rings is 2. The summed E-state index contributed by atoms with van der Waals surface area (Å²) in [5, 5.41) is 0.977. The van der Waals surface area contributed by atoms with Gasteiger partial charge in [-0.3, -0.25) is 0 Å². The lowest BCUT2D eigenvalue weighted by atomic mass is 10.0. The molecule has 0 aliphatic carbocycles. The van der Waals surface area contributed by atoms with Crippen LogP contribution in [0.4, 0.5) is 5.69 Å². The molecule has 0 bridgehead atoms. The molecule has 2 aromatic carbocycles. The van der Waals surface area contributed by atoms with Crippen LogP contribution in [-0.2, 0) is 13.0 Å². The molecule has 152 valence electrons. The normalized spacial score (nSPS) is 13.1. The predicted molar refractivity (Wildman–Crippen MR) is 112 cm³/mol. The number of aryl methyl sites for hydroxylation is 1. The summed E-state index contributed by atoms with van der Waals surface area (Å²) in [6.07, 6.45) is 2.96. The minimum Gasteiger partial charge on any atom is -0.497 e. The Bertz CT molecular complexity index is 1070. The van der Waals surface area contributed by atoms with Crippen LogP contribution in [0.5, 0.6) is 17.2 Å². The van der Waals surface area contributed by atoms with Crippen molar-refractivity contribution in [1.82, 2.24) is 0 Å². The number of methoxy groups -OCH3 is 2. The Kier molecular flexibility index (Phi) is 5.34. The van der Waals surface area contributed by atoms with E-state index in [2.05, 4.69) is 11.8 Å². The first-order valence-electron chi connectivity index (χ1n) is 9.82. The molecule has 0 amide bonds. The van der Waals surface area contributed by atoms with Gasteiger partial charge in [0.2, 0.25) is 0 Å². The van der Waals surface area contributed by atoms with E-state index < -0.39 is 0 Å². The van der Waals surface area contributed by atoms with E-state index in [-0.39, 0.29) is 5.63 Å². The highest BCUT2D eigenvalue weighted by Crippen LogP contribution is 2.37. The first-order valence-corrected chi connectivity index (χ1v) is 9.82. The molecule has 0 spiro atoms. The summed E-state index contributed by atoms with van der Waals surface area (Å²) in [7, 11) is 3.25. The van der Waals surface area contributed by atoms with Crippen LogP contribution in [-0.4, -0.2) is 21.0 Å². The second-order valence-electron chi connectivity index (χ2n) is 7.16. The molecule has 1 aromatic heterocycles. The standard InChI is InChI=1S/C23H25NO5/c1-4-5-6-15-9-22(25)29-23-19(15)7-8-21-20(23)13-24(14-28-21)16-10-17(26-2)12-18(11-16)27-3/h7-12H,4-6,13-14H2,1-3H3. The molecule has 2 heterocycles. The first kappa shape index (κ1) is 19.2. The SMILES string of the molecule is CCCCc1cc(=O)oc2c3c(ccc12)OCN(c1cc(OC)cc(OC)c1)C3. The van der Waals surface area contributed by atoms with Gasteiger partial charge in [0.05, 0.1) is 26.3 Å². The summed E-state index contributed by atoms with van der Waals surface area (Å²) >= 11 is 0. The molecule has 29 heavy (non-hydrogen) atoms. The number of rotatable bonds is 6. The van der Waals surface area contributed by atoms with Gasteiger partial charge in [-0.1, -0.05) is 13.3 Å².